The van der Waals surface area contributed by atoms with Gasteiger partial charge in [0.2, 0.25) is 0 Å². The number of aromatic nitrogens is 4. The quantitative estimate of drug-likeness (QED) is 0.432. The molecule has 0 bridgehead atoms. The van der Waals surface area contributed by atoms with Crippen molar-refractivity contribution in [2.24, 2.45) is 0 Å². The molecule has 0 atom stereocenters. The van der Waals surface area contributed by atoms with Crippen LogP contribution in [-0.2, 0) is 24.2 Å². The van der Waals surface area contributed by atoms with Crippen molar-refractivity contribution in [2.75, 3.05) is 0 Å². The Kier molecular flexibility index (Phi) is 6.18. The molecule has 7 nitrogen and oxygen atoms in total. The number of hydrogen-bond acceptors (Lipinski definition) is 6. The summed E-state index contributed by atoms with van der Waals surface area (Å²) in [4.78, 5) is 38.5. The van der Waals surface area contributed by atoms with E-state index < -0.39 is 0 Å². The number of carbonyl (C=O) groups excluding carboxylic acids is 2. The van der Waals surface area contributed by atoms with Gasteiger partial charge < -0.3 is 9.67 Å². The van der Waals surface area contributed by atoms with Gasteiger partial charge in [0.15, 0.2) is 5.78 Å². The zero-order chi connectivity index (χ0) is 22.7. The fourth-order valence-electron chi connectivity index (χ4n) is 3.78. The molecule has 0 fully saturated rings. The first kappa shape index (κ1) is 21.5. The smallest absolute Gasteiger partial charge is 0.196 e. The summed E-state index contributed by atoms with van der Waals surface area (Å²) < 4.78 is 1.95. The van der Waals surface area contributed by atoms with Gasteiger partial charge in [0, 0.05) is 54.6 Å². The van der Waals surface area contributed by atoms with Crippen LogP contribution < -0.4 is 0 Å². The van der Waals surface area contributed by atoms with E-state index in [9.17, 15) is 14.7 Å². The minimum Gasteiger partial charge on any atom is -0.392 e. The lowest BCUT2D eigenvalue weighted by atomic mass is 9.99. The highest BCUT2D eigenvalue weighted by molar-refractivity contribution is 6.15. The maximum Gasteiger partial charge on any atom is 0.196 e. The fourth-order valence-corrected chi connectivity index (χ4v) is 3.78. The Labute approximate surface area is 185 Å². The molecule has 0 unspecified atom stereocenters. The standard InChI is InChI=1S/C25H24N4O3/c1-16(2)29-13-23(22-12-27-15-28-25(22)29)24(32)20-7-19(10-26-11-20)9-21(31)8-17-4-3-5-18(6-17)14-30/h3-7,10-13,15-16,30H,8-9,14H2,1-2H3. The molecule has 7 heteroatoms. The van der Waals surface area contributed by atoms with Gasteiger partial charge >= 0.3 is 0 Å². The van der Waals surface area contributed by atoms with Crippen molar-refractivity contribution < 1.29 is 14.7 Å². The molecule has 0 amide bonds. The first-order valence-electron chi connectivity index (χ1n) is 10.5. The molecule has 0 radical (unpaired) electrons. The van der Waals surface area contributed by atoms with Crippen molar-refractivity contribution in [3.05, 3.63) is 89.3 Å². The molecule has 4 aromatic rings. The van der Waals surface area contributed by atoms with Crippen LogP contribution in [0.4, 0.5) is 0 Å². The van der Waals surface area contributed by atoms with Gasteiger partial charge in [-0.2, -0.15) is 0 Å². The molecule has 1 aromatic carbocycles. The third-order valence-electron chi connectivity index (χ3n) is 5.33. The highest BCUT2D eigenvalue weighted by Gasteiger charge is 2.20. The molecule has 3 aromatic heterocycles. The second kappa shape index (κ2) is 9.20. The number of fused-ring (bicyclic) bond motifs is 1. The number of rotatable bonds is 8. The summed E-state index contributed by atoms with van der Waals surface area (Å²) in [6.45, 7) is 3.99. The predicted octanol–water partition coefficient (Wildman–Crippen LogP) is 3.48. The number of pyridine rings is 1. The average Bonchev–Trinajstić information content (AvgIpc) is 3.19. The topological polar surface area (TPSA) is 98.0 Å². The van der Waals surface area contributed by atoms with E-state index in [1.807, 2.05) is 42.7 Å². The SMILES string of the molecule is CC(C)n1cc(C(=O)c2cncc(CC(=O)Cc3cccc(CO)c3)c2)c2cncnc21. The molecule has 0 saturated carbocycles. The van der Waals surface area contributed by atoms with Gasteiger partial charge in [0.25, 0.3) is 0 Å². The zero-order valence-electron chi connectivity index (χ0n) is 18.0. The normalized spacial score (nSPS) is 11.2. The van der Waals surface area contributed by atoms with Crippen molar-refractivity contribution in [1.82, 2.24) is 19.5 Å². The van der Waals surface area contributed by atoms with Crippen LogP contribution in [0, 0.1) is 0 Å². The van der Waals surface area contributed by atoms with Crippen LogP contribution in [0.3, 0.4) is 0 Å². The second-order valence-corrected chi connectivity index (χ2v) is 8.09. The number of aliphatic hydroxyl groups is 1. The number of ketones is 2. The molecule has 32 heavy (non-hydrogen) atoms. The molecule has 0 saturated heterocycles. The summed E-state index contributed by atoms with van der Waals surface area (Å²) in [5.41, 5.74) is 3.95. The first-order chi connectivity index (χ1) is 15.5. The second-order valence-electron chi connectivity index (χ2n) is 8.09. The molecule has 0 aliphatic heterocycles. The Morgan fingerprint density at radius 2 is 1.78 bits per heavy atom. The van der Waals surface area contributed by atoms with E-state index in [1.54, 1.807) is 24.7 Å². The van der Waals surface area contributed by atoms with Crippen LogP contribution in [0.25, 0.3) is 11.0 Å². The number of nitrogens with zero attached hydrogens (tertiary/aromatic N) is 4. The van der Waals surface area contributed by atoms with E-state index >= 15 is 0 Å². The van der Waals surface area contributed by atoms with Crippen LogP contribution >= 0.6 is 0 Å². The molecule has 162 valence electrons. The largest absolute Gasteiger partial charge is 0.392 e. The Hall–Kier alpha value is -3.71. The van der Waals surface area contributed by atoms with E-state index in [-0.39, 0.29) is 37.1 Å². The zero-order valence-corrected chi connectivity index (χ0v) is 18.0. The van der Waals surface area contributed by atoms with Gasteiger partial charge in [-0.05, 0) is 36.6 Å². The maximum atomic E-state index is 13.3. The first-order valence-corrected chi connectivity index (χ1v) is 10.5. The average molecular weight is 428 g/mol. The van der Waals surface area contributed by atoms with Gasteiger partial charge in [0.05, 0.1) is 12.2 Å². The van der Waals surface area contributed by atoms with Crippen LogP contribution in [0.5, 0.6) is 0 Å². The summed E-state index contributed by atoms with van der Waals surface area (Å²) in [6, 6.07) is 9.19. The lowest BCUT2D eigenvalue weighted by molar-refractivity contribution is -0.117. The fraction of sp³-hybridized carbons (Fsp3) is 0.240. The van der Waals surface area contributed by atoms with E-state index in [0.717, 1.165) is 11.1 Å². The van der Waals surface area contributed by atoms with Crippen molar-refractivity contribution >= 4 is 22.6 Å². The van der Waals surface area contributed by atoms with Gasteiger partial charge in [-0.3, -0.25) is 14.6 Å². The van der Waals surface area contributed by atoms with Gasteiger partial charge in [0.1, 0.15) is 17.8 Å². The molecular weight excluding hydrogens is 404 g/mol. The highest BCUT2D eigenvalue weighted by Crippen LogP contribution is 2.24. The third-order valence-corrected chi connectivity index (χ3v) is 5.33. The van der Waals surface area contributed by atoms with Crippen LogP contribution in [0.2, 0.25) is 0 Å². The lowest BCUT2D eigenvalue weighted by Crippen LogP contribution is -2.09. The summed E-state index contributed by atoms with van der Waals surface area (Å²) in [5.74, 6) is -0.169. The molecule has 0 spiro atoms. The summed E-state index contributed by atoms with van der Waals surface area (Å²) in [5, 5.41) is 9.96. The van der Waals surface area contributed by atoms with Crippen LogP contribution in [0.1, 0.15) is 52.5 Å². The van der Waals surface area contributed by atoms with Crippen LogP contribution in [-0.4, -0.2) is 36.2 Å². The predicted molar refractivity (Wildman–Crippen MR) is 120 cm³/mol. The minimum absolute atomic E-state index is 0.0105. The number of hydrogen-bond donors (Lipinski definition) is 1. The number of benzene rings is 1. The number of aliphatic hydroxyl groups excluding tert-OH is 1. The molecular formula is C25H24N4O3. The monoisotopic (exact) mass is 428 g/mol. The molecule has 3 heterocycles. The van der Waals surface area contributed by atoms with Crippen molar-refractivity contribution in [3.63, 3.8) is 0 Å². The van der Waals surface area contributed by atoms with Crippen molar-refractivity contribution in [2.45, 2.75) is 39.3 Å². The summed E-state index contributed by atoms with van der Waals surface area (Å²) >= 11 is 0. The Balaban J connectivity index is 1.56. The van der Waals surface area contributed by atoms with Gasteiger partial charge in [-0.25, -0.2) is 9.97 Å². The number of Topliss-reactive ketones (excluding diaryl/α,β-unsaturated/α-hetero) is 1. The van der Waals surface area contributed by atoms with Crippen LogP contribution in [0.15, 0.2) is 61.4 Å². The Bertz CT molecular complexity index is 1290. The Morgan fingerprint density at radius 1 is 1.00 bits per heavy atom. The number of carbonyl (C=O) groups is 2. The van der Waals surface area contributed by atoms with E-state index in [1.165, 1.54) is 12.5 Å². The Morgan fingerprint density at radius 3 is 2.56 bits per heavy atom. The van der Waals surface area contributed by atoms with E-state index in [4.69, 9.17) is 0 Å². The lowest BCUT2D eigenvalue weighted by Gasteiger charge is -2.07. The summed E-state index contributed by atoms with van der Waals surface area (Å²) in [7, 11) is 0. The highest BCUT2D eigenvalue weighted by atomic mass is 16.3. The molecule has 0 aliphatic carbocycles. The third kappa shape index (κ3) is 4.48. The molecule has 0 aliphatic rings. The minimum atomic E-state index is -0.179. The summed E-state index contributed by atoms with van der Waals surface area (Å²) in [6.07, 6.45) is 8.48. The van der Waals surface area contributed by atoms with E-state index in [0.29, 0.717) is 27.7 Å². The maximum absolute atomic E-state index is 13.3. The van der Waals surface area contributed by atoms with Crippen molar-refractivity contribution in [1.29, 1.82) is 0 Å². The van der Waals surface area contributed by atoms with Crippen molar-refractivity contribution in [3.8, 4) is 0 Å². The van der Waals surface area contributed by atoms with Gasteiger partial charge in [-0.1, -0.05) is 24.3 Å². The van der Waals surface area contributed by atoms with E-state index in [2.05, 4.69) is 15.0 Å². The molecule has 4 rings (SSSR count). The van der Waals surface area contributed by atoms with Gasteiger partial charge in [-0.15, -0.1) is 0 Å². The molecule has 1 N–H and O–H groups in total.